The van der Waals surface area contributed by atoms with E-state index in [0.717, 1.165) is 4.90 Å². The van der Waals surface area contributed by atoms with E-state index in [-0.39, 0.29) is 29.2 Å². The average molecular weight is 439 g/mol. The maximum atomic E-state index is 13.0. The van der Waals surface area contributed by atoms with E-state index in [4.69, 9.17) is 10.00 Å². The SMILES string of the molecule is CC(=O)Nc1ccc(N2C(=O)c3ccc(C(=O)OCc4ccccc4C#N)cc3C2=O)cc1. The monoisotopic (exact) mass is 439 g/mol. The molecule has 0 saturated carbocycles. The van der Waals surface area contributed by atoms with Crippen molar-refractivity contribution in [1.82, 2.24) is 0 Å². The molecule has 0 aromatic heterocycles. The van der Waals surface area contributed by atoms with E-state index in [1.54, 1.807) is 48.5 Å². The van der Waals surface area contributed by atoms with Gasteiger partial charge in [-0.1, -0.05) is 18.2 Å². The summed E-state index contributed by atoms with van der Waals surface area (Å²) in [5, 5.41) is 11.8. The summed E-state index contributed by atoms with van der Waals surface area (Å²) >= 11 is 0. The highest BCUT2D eigenvalue weighted by molar-refractivity contribution is 6.34. The Morgan fingerprint density at radius 2 is 1.67 bits per heavy atom. The van der Waals surface area contributed by atoms with Crippen molar-refractivity contribution in [3.05, 3.63) is 94.5 Å². The van der Waals surface area contributed by atoms with Gasteiger partial charge in [0.25, 0.3) is 11.8 Å². The second-order valence-corrected chi connectivity index (χ2v) is 7.28. The van der Waals surface area contributed by atoms with Gasteiger partial charge in [0.15, 0.2) is 0 Å². The summed E-state index contributed by atoms with van der Waals surface area (Å²) < 4.78 is 5.30. The van der Waals surface area contributed by atoms with Crippen molar-refractivity contribution in [3.8, 4) is 6.07 Å². The number of anilines is 2. The van der Waals surface area contributed by atoms with E-state index < -0.39 is 17.8 Å². The molecule has 0 radical (unpaired) electrons. The van der Waals surface area contributed by atoms with E-state index in [0.29, 0.717) is 22.5 Å². The van der Waals surface area contributed by atoms with Gasteiger partial charge in [-0.2, -0.15) is 5.26 Å². The second-order valence-electron chi connectivity index (χ2n) is 7.28. The zero-order valence-corrected chi connectivity index (χ0v) is 17.5. The van der Waals surface area contributed by atoms with Crippen LogP contribution in [0.1, 0.15) is 49.1 Å². The zero-order chi connectivity index (χ0) is 23.5. The van der Waals surface area contributed by atoms with Gasteiger partial charge in [0.05, 0.1) is 34.0 Å². The van der Waals surface area contributed by atoms with E-state index >= 15 is 0 Å². The van der Waals surface area contributed by atoms with Crippen LogP contribution in [-0.2, 0) is 16.1 Å². The van der Waals surface area contributed by atoms with E-state index in [2.05, 4.69) is 5.32 Å². The number of nitrogens with one attached hydrogen (secondary N) is 1. The highest BCUT2D eigenvalue weighted by atomic mass is 16.5. The lowest BCUT2D eigenvalue weighted by atomic mass is 10.1. The lowest BCUT2D eigenvalue weighted by Crippen LogP contribution is -2.29. The largest absolute Gasteiger partial charge is 0.457 e. The molecule has 0 aliphatic carbocycles. The molecule has 1 aliphatic rings. The highest BCUT2D eigenvalue weighted by Crippen LogP contribution is 2.30. The van der Waals surface area contributed by atoms with Crippen LogP contribution in [0.15, 0.2) is 66.7 Å². The van der Waals surface area contributed by atoms with Gasteiger partial charge >= 0.3 is 5.97 Å². The molecule has 0 bridgehead atoms. The number of benzene rings is 3. The summed E-state index contributed by atoms with van der Waals surface area (Å²) in [5.74, 6) is -1.99. The Morgan fingerprint density at radius 1 is 0.970 bits per heavy atom. The summed E-state index contributed by atoms with van der Waals surface area (Å²) in [4.78, 5) is 50.5. The van der Waals surface area contributed by atoms with Crippen LogP contribution in [-0.4, -0.2) is 23.7 Å². The molecule has 4 rings (SSSR count). The third-order valence-corrected chi connectivity index (χ3v) is 5.06. The van der Waals surface area contributed by atoms with Crippen molar-refractivity contribution in [3.63, 3.8) is 0 Å². The molecular weight excluding hydrogens is 422 g/mol. The van der Waals surface area contributed by atoms with Gasteiger partial charge in [-0.05, 0) is 48.5 Å². The molecule has 33 heavy (non-hydrogen) atoms. The molecule has 0 saturated heterocycles. The minimum absolute atomic E-state index is 0.0952. The quantitative estimate of drug-likeness (QED) is 0.479. The summed E-state index contributed by atoms with van der Waals surface area (Å²) in [6.07, 6.45) is 0. The van der Waals surface area contributed by atoms with Crippen LogP contribution in [0.5, 0.6) is 0 Å². The zero-order valence-electron chi connectivity index (χ0n) is 17.5. The highest BCUT2D eigenvalue weighted by Gasteiger charge is 2.37. The summed E-state index contributed by atoms with van der Waals surface area (Å²) in [5.41, 5.74) is 2.23. The molecule has 1 aliphatic heterocycles. The first-order chi connectivity index (χ1) is 15.9. The Kier molecular flexibility index (Phi) is 5.70. The fourth-order valence-electron chi connectivity index (χ4n) is 3.48. The molecule has 3 aromatic carbocycles. The lowest BCUT2D eigenvalue weighted by molar-refractivity contribution is -0.114. The van der Waals surface area contributed by atoms with E-state index in [9.17, 15) is 19.2 Å². The molecule has 0 fully saturated rings. The lowest BCUT2D eigenvalue weighted by Gasteiger charge is -2.14. The Labute approximate surface area is 189 Å². The topological polar surface area (TPSA) is 117 Å². The smallest absolute Gasteiger partial charge is 0.338 e. The van der Waals surface area contributed by atoms with Crippen molar-refractivity contribution < 1.29 is 23.9 Å². The first kappa shape index (κ1) is 21.5. The molecular formula is C25H17N3O5. The van der Waals surface area contributed by atoms with Gasteiger partial charge in [0.1, 0.15) is 6.61 Å². The molecule has 0 atom stereocenters. The van der Waals surface area contributed by atoms with Crippen LogP contribution in [0.3, 0.4) is 0 Å². The summed E-state index contributed by atoms with van der Waals surface area (Å²) in [6.45, 7) is 1.28. The minimum atomic E-state index is -0.677. The van der Waals surface area contributed by atoms with Crippen LogP contribution < -0.4 is 10.2 Å². The molecule has 162 valence electrons. The van der Waals surface area contributed by atoms with Crippen LogP contribution in [0.2, 0.25) is 0 Å². The third-order valence-electron chi connectivity index (χ3n) is 5.06. The van der Waals surface area contributed by atoms with Gasteiger partial charge < -0.3 is 10.1 Å². The first-order valence-corrected chi connectivity index (χ1v) is 9.94. The molecule has 3 aromatic rings. The molecule has 1 heterocycles. The van der Waals surface area contributed by atoms with Gasteiger partial charge in [0.2, 0.25) is 5.91 Å². The van der Waals surface area contributed by atoms with Crippen LogP contribution in [0.25, 0.3) is 0 Å². The maximum absolute atomic E-state index is 13.0. The first-order valence-electron chi connectivity index (χ1n) is 9.94. The molecule has 1 N–H and O–H groups in total. The number of esters is 1. The van der Waals surface area contributed by atoms with Crippen molar-refractivity contribution in [2.75, 3.05) is 10.2 Å². The number of nitriles is 1. The van der Waals surface area contributed by atoms with Crippen LogP contribution in [0, 0.1) is 11.3 Å². The number of carbonyl (C=O) groups excluding carboxylic acids is 4. The van der Waals surface area contributed by atoms with E-state index in [1.807, 2.05) is 6.07 Å². The predicted octanol–water partition coefficient (Wildman–Crippen LogP) is 3.67. The van der Waals surface area contributed by atoms with Gasteiger partial charge in [-0.3, -0.25) is 14.4 Å². The molecule has 8 nitrogen and oxygen atoms in total. The van der Waals surface area contributed by atoms with Gasteiger partial charge in [-0.15, -0.1) is 0 Å². The van der Waals surface area contributed by atoms with E-state index in [1.165, 1.54) is 25.1 Å². The molecule has 0 unspecified atom stereocenters. The normalized spacial score (nSPS) is 12.2. The fraction of sp³-hybridized carbons (Fsp3) is 0.0800. The average Bonchev–Trinajstić information content (AvgIpc) is 3.07. The number of imide groups is 1. The Balaban J connectivity index is 1.53. The number of amides is 3. The number of ether oxygens (including phenoxy) is 1. The summed E-state index contributed by atoms with van der Waals surface area (Å²) in [6, 6.07) is 19.2. The Bertz CT molecular complexity index is 1340. The van der Waals surface area contributed by atoms with Crippen molar-refractivity contribution >= 4 is 35.1 Å². The van der Waals surface area contributed by atoms with Crippen molar-refractivity contribution in [2.24, 2.45) is 0 Å². The second kappa shape index (κ2) is 8.77. The summed E-state index contributed by atoms with van der Waals surface area (Å²) in [7, 11) is 0. The molecule has 8 heteroatoms. The number of hydrogen-bond acceptors (Lipinski definition) is 6. The van der Waals surface area contributed by atoms with Crippen LogP contribution in [0.4, 0.5) is 11.4 Å². The van der Waals surface area contributed by atoms with Gasteiger partial charge in [-0.25, -0.2) is 9.69 Å². The van der Waals surface area contributed by atoms with Crippen LogP contribution >= 0.6 is 0 Å². The number of rotatable bonds is 5. The van der Waals surface area contributed by atoms with Gasteiger partial charge in [0, 0.05) is 18.2 Å². The maximum Gasteiger partial charge on any atom is 0.338 e. The fourth-order valence-corrected chi connectivity index (χ4v) is 3.48. The minimum Gasteiger partial charge on any atom is -0.457 e. The van der Waals surface area contributed by atoms with Crippen molar-refractivity contribution in [2.45, 2.75) is 13.5 Å². The Morgan fingerprint density at radius 3 is 2.36 bits per heavy atom. The molecule has 0 spiro atoms. The standard InChI is InChI=1S/C25H17N3O5/c1-15(29)27-19-7-9-20(10-8-19)28-23(30)21-11-6-16(12-22(21)24(28)31)25(32)33-14-18-5-3-2-4-17(18)13-26/h2-12H,14H2,1H3,(H,27,29). The molecule has 3 amide bonds. The number of hydrogen-bond donors (Lipinski definition) is 1. The number of nitrogens with zero attached hydrogens (tertiary/aromatic N) is 2. The third kappa shape index (κ3) is 4.20. The predicted molar refractivity (Wildman–Crippen MR) is 119 cm³/mol. The number of carbonyl (C=O) groups is 4. The van der Waals surface area contributed by atoms with Crippen molar-refractivity contribution in [1.29, 1.82) is 5.26 Å². The Hall–Kier alpha value is -4.77. The number of fused-ring (bicyclic) bond motifs is 1.